The number of guanidine groups is 1. The number of pyridine rings is 1. The second kappa shape index (κ2) is 11.7. The summed E-state index contributed by atoms with van der Waals surface area (Å²) < 4.78 is 11.0. The number of aliphatic imine (C=N–C) groups is 1. The first-order chi connectivity index (χ1) is 12.3. The highest BCUT2D eigenvalue weighted by atomic mass is 16.5. The zero-order valence-corrected chi connectivity index (χ0v) is 15.6. The van der Waals surface area contributed by atoms with Crippen molar-refractivity contribution >= 4 is 5.96 Å². The molecule has 1 aromatic heterocycles. The Bertz CT molecular complexity index is 499. The molecule has 140 valence electrons. The van der Waals surface area contributed by atoms with Gasteiger partial charge < -0.3 is 20.1 Å². The molecule has 0 atom stereocenters. The van der Waals surface area contributed by atoms with E-state index in [1.807, 2.05) is 18.3 Å². The Morgan fingerprint density at radius 1 is 1.24 bits per heavy atom. The van der Waals surface area contributed by atoms with Crippen molar-refractivity contribution in [2.24, 2.45) is 4.99 Å². The molecule has 2 rings (SSSR count). The third kappa shape index (κ3) is 7.73. The van der Waals surface area contributed by atoms with Crippen LogP contribution in [0.2, 0.25) is 0 Å². The van der Waals surface area contributed by atoms with Crippen molar-refractivity contribution in [2.75, 3.05) is 26.8 Å². The number of rotatable bonds is 9. The molecule has 25 heavy (non-hydrogen) atoms. The summed E-state index contributed by atoms with van der Waals surface area (Å²) in [5.74, 6) is 1.55. The van der Waals surface area contributed by atoms with E-state index in [1.165, 1.54) is 19.3 Å². The van der Waals surface area contributed by atoms with Crippen molar-refractivity contribution in [3.63, 3.8) is 0 Å². The molecule has 0 spiro atoms. The van der Waals surface area contributed by atoms with E-state index < -0.39 is 0 Å². The summed E-state index contributed by atoms with van der Waals surface area (Å²) >= 11 is 0. The summed E-state index contributed by atoms with van der Waals surface area (Å²) in [6.45, 7) is 5.08. The maximum Gasteiger partial charge on any atom is 0.213 e. The minimum absolute atomic E-state index is 0.335. The molecule has 1 aromatic rings. The first-order valence-electron chi connectivity index (χ1n) is 9.44. The van der Waals surface area contributed by atoms with E-state index in [4.69, 9.17) is 9.47 Å². The number of hydrogen-bond acceptors (Lipinski definition) is 4. The van der Waals surface area contributed by atoms with Gasteiger partial charge in [0.2, 0.25) is 5.88 Å². The van der Waals surface area contributed by atoms with Crippen LogP contribution in [0.1, 0.15) is 51.0 Å². The second-order valence-corrected chi connectivity index (χ2v) is 6.35. The van der Waals surface area contributed by atoms with Gasteiger partial charge in [0.05, 0.1) is 6.54 Å². The number of aromatic nitrogens is 1. The van der Waals surface area contributed by atoms with E-state index in [0.717, 1.165) is 56.4 Å². The fourth-order valence-corrected chi connectivity index (χ4v) is 2.86. The molecule has 1 aliphatic rings. The van der Waals surface area contributed by atoms with E-state index in [2.05, 4.69) is 27.5 Å². The lowest BCUT2D eigenvalue weighted by molar-refractivity contribution is 0.148. The summed E-state index contributed by atoms with van der Waals surface area (Å²) in [5, 5.41) is 6.55. The van der Waals surface area contributed by atoms with Gasteiger partial charge in [0.25, 0.3) is 0 Å². The van der Waals surface area contributed by atoms with Gasteiger partial charge >= 0.3 is 0 Å². The molecule has 0 saturated heterocycles. The Balaban J connectivity index is 1.80. The van der Waals surface area contributed by atoms with Crippen LogP contribution in [-0.4, -0.2) is 43.9 Å². The molecule has 1 fully saturated rings. The Kier molecular flexibility index (Phi) is 9.12. The molecule has 6 heteroatoms. The zero-order chi connectivity index (χ0) is 17.7. The molecule has 1 heterocycles. The fourth-order valence-electron chi connectivity index (χ4n) is 2.86. The van der Waals surface area contributed by atoms with Gasteiger partial charge in [0.15, 0.2) is 5.96 Å². The molecular formula is C19H32N4O2. The first kappa shape index (κ1) is 19.5. The van der Waals surface area contributed by atoms with Crippen molar-refractivity contribution in [1.29, 1.82) is 0 Å². The predicted octanol–water partition coefficient (Wildman–Crippen LogP) is 2.88. The summed E-state index contributed by atoms with van der Waals surface area (Å²) in [5.41, 5.74) is 1.07. The first-order valence-corrected chi connectivity index (χ1v) is 9.44. The fraction of sp³-hybridized carbons (Fsp3) is 0.684. The van der Waals surface area contributed by atoms with Crippen LogP contribution >= 0.6 is 0 Å². The molecule has 0 unspecified atom stereocenters. The molecule has 1 saturated carbocycles. The lowest BCUT2D eigenvalue weighted by atomic mass is 9.98. The van der Waals surface area contributed by atoms with Crippen LogP contribution in [0.4, 0.5) is 0 Å². The molecule has 0 amide bonds. The molecule has 2 N–H and O–H groups in total. The number of nitrogens with zero attached hydrogens (tertiary/aromatic N) is 2. The summed E-state index contributed by atoms with van der Waals surface area (Å²) in [4.78, 5) is 9.03. The average molecular weight is 348 g/mol. The third-order valence-corrected chi connectivity index (χ3v) is 4.22. The Morgan fingerprint density at radius 2 is 2.08 bits per heavy atom. The smallest absolute Gasteiger partial charge is 0.213 e. The molecule has 0 bridgehead atoms. The molecule has 0 radical (unpaired) electrons. The second-order valence-electron chi connectivity index (χ2n) is 6.35. The lowest BCUT2D eigenvalue weighted by Crippen LogP contribution is -2.38. The average Bonchev–Trinajstić information content (AvgIpc) is 2.65. The quantitative estimate of drug-likeness (QED) is 0.408. The topological polar surface area (TPSA) is 67.8 Å². The van der Waals surface area contributed by atoms with E-state index in [1.54, 1.807) is 7.11 Å². The van der Waals surface area contributed by atoms with E-state index in [9.17, 15) is 0 Å². The van der Waals surface area contributed by atoms with Gasteiger partial charge in [-0.1, -0.05) is 12.5 Å². The highest BCUT2D eigenvalue weighted by Gasteiger charge is 2.15. The SMILES string of the molecule is CCNC(=NCc1ccc(OC2CCCCC2)nc1)NCCCOC. The van der Waals surface area contributed by atoms with Gasteiger partial charge in [-0.3, -0.25) is 0 Å². The molecule has 0 aromatic carbocycles. The number of methoxy groups -OCH3 is 1. The Morgan fingerprint density at radius 3 is 2.76 bits per heavy atom. The highest BCUT2D eigenvalue weighted by molar-refractivity contribution is 5.79. The van der Waals surface area contributed by atoms with Crippen LogP contribution in [0.15, 0.2) is 23.3 Å². The van der Waals surface area contributed by atoms with Crippen molar-refractivity contribution in [2.45, 2.75) is 58.1 Å². The van der Waals surface area contributed by atoms with Gasteiger partial charge in [-0.15, -0.1) is 0 Å². The van der Waals surface area contributed by atoms with Crippen LogP contribution < -0.4 is 15.4 Å². The van der Waals surface area contributed by atoms with Gasteiger partial charge in [-0.2, -0.15) is 0 Å². The van der Waals surface area contributed by atoms with Crippen LogP contribution in [-0.2, 0) is 11.3 Å². The van der Waals surface area contributed by atoms with Crippen molar-refractivity contribution in [3.8, 4) is 5.88 Å². The molecule has 6 nitrogen and oxygen atoms in total. The van der Waals surface area contributed by atoms with Gasteiger partial charge in [-0.05, 0) is 44.6 Å². The summed E-state index contributed by atoms with van der Waals surface area (Å²) in [6.07, 6.45) is 9.30. The molecular weight excluding hydrogens is 316 g/mol. The maximum atomic E-state index is 5.97. The van der Waals surface area contributed by atoms with Gasteiger partial charge in [0, 0.05) is 39.1 Å². The van der Waals surface area contributed by atoms with Crippen LogP contribution in [0.5, 0.6) is 5.88 Å². The Labute approximate surface area is 151 Å². The molecule has 1 aliphatic carbocycles. The standard InChI is InChI=1S/C19H32N4O2/c1-3-20-19(21-12-7-13-24-2)23-15-16-10-11-18(22-14-16)25-17-8-5-4-6-9-17/h10-11,14,17H,3-9,12-13,15H2,1-2H3,(H2,20,21,23). The normalized spacial score (nSPS) is 15.8. The van der Waals surface area contributed by atoms with Crippen molar-refractivity contribution in [3.05, 3.63) is 23.9 Å². The predicted molar refractivity (Wildman–Crippen MR) is 101 cm³/mol. The minimum Gasteiger partial charge on any atom is -0.474 e. The van der Waals surface area contributed by atoms with Gasteiger partial charge in [0.1, 0.15) is 6.10 Å². The number of ether oxygens (including phenoxy) is 2. The highest BCUT2D eigenvalue weighted by Crippen LogP contribution is 2.22. The summed E-state index contributed by atoms with van der Waals surface area (Å²) in [7, 11) is 1.72. The Hall–Kier alpha value is -1.82. The monoisotopic (exact) mass is 348 g/mol. The van der Waals surface area contributed by atoms with Crippen molar-refractivity contribution < 1.29 is 9.47 Å². The maximum absolute atomic E-state index is 5.97. The third-order valence-electron chi connectivity index (χ3n) is 4.22. The number of hydrogen-bond donors (Lipinski definition) is 2. The van der Waals surface area contributed by atoms with Crippen LogP contribution in [0.25, 0.3) is 0 Å². The molecule has 0 aliphatic heterocycles. The minimum atomic E-state index is 0.335. The van der Waals surface area contributed by atoms with Gasteiger partial charge in [-0.25, -0.2) is 9.98 Å². The van der Waals surface area contributed by atoms with E-state index >= 15 is 0 Å². The van der Waals surface area contributed by atoms with Crippen LogP contribution in [0.3, 0.4) is 0 Å². The van der Waals surface area contributed by atoms with E-state index in [0.29, 0.717) is 12.6 Å². The largest absolute Gasteiger partial charge is 0.474 e. The van der Waals surface area contributed by atoms with E-state index in [-0.39, 0.29) is 0 Å². The van der Waals surface area contributed by atoms with Crippen LogP contribution in [0, 0.1) is 0 Å². The summed E-state index contributed by atoms with van der Waals surface area (Å²) in [6, 6.07) is 4.00. The number of nitrogens with one attached hydrogen (secondary N) is 2. The lowest BCUT2D eigenvalue weighted by Gasteiger charge is -2.22. The van der Waals surface area contributed by atoms with Crippen molar-refractivity contribution in [1.82, 2.24) is 15.6 Å². The zero-order valence-electron chi connectivity index (χ0n) is 15.6.